The molecule has 0 aliphatic carbocycles. The zero-order valence-corrected chi connectivity index (χ0v) is 28.5. The van der Waals surface area contributed by atoms with Crippen molar-refractivity contribution in [2.24, 2.45) is 0 Å². The van der Waals surface area contributed by atoms with Gasteiger partial charge in [-0.15, -0.1) is 0 Å². The molecule has 0 saturated heterocycles. The molecule has 3 amide bonds. The second kappa shape index (κ2) is 15.4. The molecule has 0 saturated carbocycles. The van der Waals surface area contributed by atoms with Crippen molar-refractivity contribution in [2.75, 3.05) is 35.9 Å². The van der Waals surface area contributed by atoms with Crippen LogP contribution in [0.1, 0.15) is 44.2 Å². The molecule has 4 rings (SSSR count). The highest BCUT2D eigenvalue weighted by Crippen LogP contribution is 2.36. The normalized spacial score (nSPS) is 11.6. The lowest BCUT2D eigenvalue weighted by atomic mass is 9.88. The summed E-state index contributed by atoms with van der Waals surface area (Å²) >= 11 is 7.63. The number of hydrogen-bond donors (Lipinski definition) is 3. The molecule has 1 heterocycles. The Morgan fingerprint density at radius 1 is 0.935 bits per heavy atom. The van der Waals surface area contributed by atoms with Crippen molar-refractivity contribution >= 4 is 55.9 Å². The van der Waals surface area contributed by atoms with Crippen LogP contribution in [0.15, 0.2) is 84.9 Å². The van der Waals surface area contributed by atoms with Crippen LogP contribution in [0.2, 0.25) is 4.34 Å². The van der Waals surface area contributed by atoms with Gasteiger partial charge in [-0.2, -0.15) is 0 Å². The summed E-state index contributed by atoms with van der Waals surface area (Å²) < 4.78 is 31.2. The van der Waals surface area contributed by atoms with Gasteiger partial charge < -0.3 is 15.0 Å². The first kappa shape index (κ1) is 34.7. The van der Waals surface area contributed by atoms with E-state index in [1.165, 1.54) is 0 Å². The van der Waals surface area contributed by atoms with E-state index in [0.29, 0.717) is 39.4 Å². The highest BCUT2D eigenvalue weighted by Gasteiger charge is 2.22. The van der Waals surface area contributed by atoms with Crippen molar-refractivity contribution in [3.63, 3.8) is 0 Å². The number of thiazole rings is 1. The number of alkyl carbamates (subject to hydrolysis) is 1. The van der Waals surface area contributed by atoms with Gasteiger partial charge in [0, 0.05) is 36.8 Å². The minimum absolute atomic E-state index is 0.0394. The predicted molar refractivity (Wildman–Crippen MR) is 185 cm³/mol. The van der Waals surface area contributed by atoms with Crippen molar-refractivity contribution in [1.82, 2.24) is 15.2 Å². The standard InChI is InChI=1S/C33H38ClN5O5S2/c1-33(2,3)44-32(41)35-20-22-39(21-19-27(23-11-7-5-8-12-23)24-13-9-6-10-14-24)31(40)37-30-36-28(29(34)45-30)25-15-17-26(18-16-25)38-46(4,42)43/h5-18,27,38H,19-22H2,1-4H3,(H,35,41)(H,36,37,40). The fraction of sp³-hybridized carbons (Fsp3) is 0.303. The number of amides is 3. The van der Waals surface area contributed by atoms with Gasteiger partial charge in [0.25, 0.3) is 0 Å². The Morgan fingerprint density at radius 2 is 1.52 bits per heavy atom. The van der Waals surface area contributed by atoms with E-state index in [2.05, 4.69) is 44.6 Å². The molecule has 1 aromatic heterocycles. The van der Waals surface area contributed by atoms with Crippen molar-refractivity contribution < 1.29 is 22.7 Å². The molecule has 0 aliphatic rings. The maximum atomic E-state index is 13.7. The monoisotopic (exact) mass is 683 g/mol. The fourth-order valence-electron chi connectivity index (χ4n) is 4.72. The molecule has 0 radical (unpaired) electrons. The van der Waals surface area contributed by atoms with Crippen molar-refractivity contribution in [3.05, 3.63) is 100 Å². The third-order valence-corrected chi connectivity index (χ3v) is 8.47. The number of carbonyl (C=O) groups is 2. The molecule has 3 aromatic carbocycles. The molecule has 13 heteroatoms. The minimum Gasteiger partial charge on any atom is -0.444 e. The second-order valence-electron chi connectivity index (χ2n) is 11.6. The number of urea groups is 1. The zero-order chi connectivity index (χ0) is 33.3. The SMILES string of the molecule is CC(C)(C)OC(=O)NCCN(CCC(c1ccccc1)c1ccccc1)C(=O)Nc1nc(-c2ccc(NS(C)(=O)=O)cc2)c(Cl)s1. The lowest BCUT2D eigenvalue weighted by Crippen LogP contribution is -2.42. The highest BCUT2D eigenvalue weighted by molar-refractivity contribution is 7.92. The molecular formula is C33H38ClN5O5S2. The van der Waals surface area contributed by atoms with E-state index < -0.39 is 27.7 Å². The number of aromatic nitrogens is 1. The van der Waals surface area contributed by atoms with Crippen LogP contribution >= 0.6 is 22.9 Å². The Bertz CT molecular complexity index is 1670. The van der Waals surface area contributed by atoms with Gasteiger partial charge in [0.2, 0.25) is 10.0 Å². The summed E-state index contributed by atoms with van der Waals surface area (Å²) in [6, 6.07) is 26.5. The van der Waals surface area contributed by atoms with Crippen LogP contribution in [0.5, 0.6) is 0 Å². The first-order valence-corrected chi connectivity index (χ1v) is 17.7. The summed E-state index contributed by atoms with van der Waals surface area (Å²) in [4.78, 5) is 32.1. The number of anilines is 2. The average molecular weight is 684 g/mol. The van der Waals surface area contributed by atoms with Gasteiger partial charge in [0.15, 0.2) is 5.13 Å². The largest absolute Gasteiger partial charge is 0.444 e. The Kier molecular flexibility index (Phi) is 11.7. The van der Waals surface area contributed by atoms with Gasteiger partial charge >= 0.3 is 12.1 Å². The molecule has 3 N–H and O–H groups in total. The number of sulfonamides is 1. The summed E-state index contributed by atoms with van der Waals surface area (Å²) in [5.41, 5.74) is 3.15. The first-order chi connectivity index (χ1) is 21.8. The smallest absolute Gasteiger partial charge is 0.407 e. The number of hydrogen-bond acceptors (Lipinski definition) is 7. The second-order valence-corrected chi connectivity index (χ2v) is 15.0. The molecule has 0 fully saturated rings. The lowest BCUT2D eigenvalue weighted by molar-refractivity contribution is 0.0523. The Balaban J connectivity index is 1.50. The van der Waals surface area contributed by atoms with Gasteiger partial charge in [-0.3, -0.25) is 10.0 Å². The number of carbonyl (C=O) groups excluding carboxylic acids is 2. The quantitative estimate of drug-likeness (QED) is 0.143. The van der Waals surface area contributed by atoms with Crippen LogP contribution in [-0.2, 0) is 14.8 Å². The number of rotatable bonds is 12. The summed E-state index contributed by atoms with van der Waals surface area (Å²) in [7, 11) is -3.41. The van der Waals surface area contributed by atoms with Crippen molar-refractivity contribution in [3.8, 4) is 11.3 Å². The average Bonchev–Trinajstić information content (AvgIpc) is 3.35. The number of halogens is 1. The first-order valence-electron chi connectivity index (χ1n) is 14.6. The fourth-order valence-corrected chi connectivity index (χ4v) is 6.36. The van der Waals surface area contributed by atoms with E-state index in [1.807, 2.05) is 36.4 Å². The maximum absolute atomic E-state index is 13.7. The zero-order valence-electron chi connectivity index (χ0n) is 26.1. The topological polar surface area (TPSA) is 130 Å². The molecular weight excluding hydrogens is 646 g/mol. The summed E-state index contributed by atoms with van der Waals surface area (Å²) in [5.74, 6) is 0.0394. The van der Waals surface area contributed by atoms with Gasteiger partial charge in [-0.25, -0.2) is 23.0 Å². The molecule has 0 spiro atoms. The Labute approximate surface area is 279 Å². The minimum atomic E-state index is -3.41. The Morgan fingerprint density at radius 3 is 2.07 bits per heavy atom. The number of benzene rings is 3. The molecule has 4 aromatic rings. The predicted octanol–water partition coefficient (Wildman–Crippen LogP) is 7.42. The van der Waals surface area contributed by atoms with Gasteiger partial charge in [-0.1, -0.05) is 95.7 Å². The molecule has 0 bridgehead atoms. The maximum Gasteiger partial charge on any atom is 0.407 e. The van der Waals surface area contributed by atoms with E-state index in [0.717, 1.165) is 28.7 Å². The van der Waals surface area contributed by atoms with E-state index in [4.69, 9.17) is 16.3 Å². The van der Waals surface area contributed by atoms with Crippen LogP contribution in [0.4, 0.5) is 20.4 Å². The van der Waals surface area contributed by atoms with Crippen LogP contribution in [0.25, 0.3) is 11.3 Å². The van der Waals surface area contributed by atoms with Gasteiger partial charge in [0.05, 0.1) is 6.26 Å². The molecule has 46 heavy (non-hydrogen) atoms. The summed E-state index contributed by atoms with van der Waals surface area (Å²) in [6.07, 6.45) is 1.15. The van der Waals surface area contributed by atoms with E-state index >= 15 is 0 Å². The van der Waals surface area contributed by atoms with Crippen LogP contribution in [0.3, 0.4) is 0 Å². The highest BCUT2D eigenvalue weighted by atomic mass is 35.5. The van der Waals surface area contributed by atoms with Crippen LogP contribution < -0.4 is 15.4 Å². The molecule has 0 atom stereocenters. The van der Waals surface area contributed by atoms with Gasteiger partial charge in [-0.05, 0) is 50.5 Å². The number of ether oxygens (including phenoxy) is 1. The molecule has 244 valence electrons. The van der Waals surface area contributed by atoms with Crippen LogP contribution in [0, 0.1) is 0 Å². The van der Waals surface area contributed by atoms with E-state index in [9.17, 15) is 18.0 Å². The van der Waals surface area contributed by atoms with Gasteiger partial charge in [0.1, 0.15) is 15.6 Å². The van der Waals surface area contributed by atoms with Crippen molar-refractivity contribution in [2.45, 2.75) is 38.7 Å². The van der Waals surface area contributed by atoms with E-state index in [1.54, 1.807) is 49.9 Å². The summed E-state index contributed by atoms with van der Waals surface area (Å²) in [5, 5.41) is 5.90. The molecule has 0 aliphatic heterocycles. The van der Waals surface area contributed by atoms with Crippen LogP contribution in [-0.4, -0.2) is 61.9 Å². The summed E-state index contributed by atoms with van der Waals surface area (Å²) in [6.45, 7) is 6.15. The third kappa shape index (κ3) is 10.7. The van der Waals surface area contributed by atoms with Crippen molar-refractivity contribution in [1.29, 1.82) is 0 Å². The van der Waals surface area contributed by atoms with E-state index in [-0.39, 0.29) is 19.0 Å². The molecule has 0 unspecified atom stereocenters. The number of nitrogens with zero attached hydrogens (tertiary/aromatic N) is 2. The molecule has 10 nitrogen and oxygen atoms in total. The Hall–Kier alpha value is -4.13. The number of nitrogens with one attached hydrogen (secondary N) is 3. The lowest BCUT2D eigenvalue weighted by Gasteiger charge is -2.26. The third-order valence-electron chi connectivity index (χ3n) is 6.69.